The lowest BCUT2D eigenvalue weighted by Crippen LogP contribution is -2.56. The zero-order valence-electron chi connectivity index (χ0n) is 23.5. The van der Waals surface area contributed by atoms with Crippen LogP contribution in [0.15, 0.2) is 67.3 Å². The fourth-order valence-electron chi connectivity index (χ4n) is 7.43. The smallest absolute Gasteiger partial charge is 0.323 e. The third-order valence-electron chi connectivity index (χ3n) is 9.41. The first-order valence-electron chi connectivity index (χ1n) is 14.1. The summed E-state index contributed by atoms with van der Waals surface area (Å²) in [4.78, 5) is 4.10. The van der Waals surface area contributed by atoms with Crippen LogP contribution in [-0.4, -0.2) is 69.8 Å². The number of aromatic nitrogens is 5. The van der Waals surface area contributed by atoms with Gasteiger partial charge < -0.3 is 9.47 Å². The maximum Gasteiger partial charge on any atom is 0.323 e. The van der Waals surface area contributed by atoms with Crippen molar-refractivity contribution in [3.63, 3.8) is 0 Å². The lowest BCUT2D eigenvalue weighted by molar-refractivity contribution is -0.232. The Morgan fingerprint density at radius 3 is 2.46 bits per heavy atom. The maximum absolute atomic E-state index is 13.8. The highest BCUT2D eigenvalue weighted by molar-refractivity contribution is 7.87. The molecule has 1 aliphatic heterocycles. The zero-order valence-corrected chi connectivity index (χ0v) is 24.3. The second-order valence-electron chi connectivity index (χ2n) is 11.5. The highest BCUT2D eigenvalue weighted by atomic mass is 32.2. The molecule has 2 aliphatic carbocycles. The van der Waals surface area contributed by atoms with Crippen molar-refractivity contribution in [2.45, 2.75) is 43.8 Å². The van der Waals surface area contributed by atoms with E-state index in [1.165, 1.54) is 22.5 Å². The van der Waals surface area contributed by atoms with Gasteiger partial charge in [-0.2, -0.15) is 22.9 Å². The molecular formula is C30H34N6O4S. The van der Waals surface area contributed by atoms with Crippen LogP contribution in [-0.2, 0) is 31.5 Å². The van der Waals surface area contributed by atoms with E-state index in [-0.39, 0.29) is 11.8 Å². The van der Waals surface area contributed by atoms with Crippen molar-refractivity contribution in [1.82, 2.24) is 28.3 Å². The molecule has 0 amide bonds. The van der Waals surface area contributed by atoms with E-state index >= 15 is 0 Å². The summed E-state index contributed by atoms with van der Waals surface area (Å²) in [5.41, 5.74) is 4.56. The SMILES string of the molecule is C[C@H]1[C@@H]2CCc3c(nn(S(=O)(=O)N(C)C)c3-c3cnn(-c4ccncc4)c3)[C@@]2(c2ccccc2)CCC12OCCO2. The molecule has 1 saturated carbocycles. The number of rotatable bonds is 5. The molecule has 41 heavy (non-hydrogen) atoms. The predicted octanol–water partition coefficient (Wildman–Crippen LogP) is 3.81. The molecular weight excluding hydrogens is 540 g/mol. The Morgan fingerprint density at radius 2 is 1.76 bits per heavy atom. The second-order valence-corrected chi connectivity index (χ2v) is 13.4. The van der Waals surface area contributed by atoms with E-state index < -0.39 is 21.4 Å². The van der Waals surface area contributed by atoms with E-state index in [4.69, 9.17) is 14.6 Å². The van der Waals surface area contributed by atoms with Crippen LogP contribution in [0, 0.1) is 11.8 Å². The van der Waals surface area contributed by atoms with Gasteiger partial charge in [-0.05, 0) is 42.9 Å². The fraction of sp³-hybridized carbons (Fsp3) is 0.433. The summed E-state index contributed by atoms with van der Waals surface area (Å²) in [6.45, 7) is 3.43. The predicted molar refractivity (Wildman–Crippen MR) is 153 cm³/mol. The van der Waals surface area contributed by atoms with Crippen LogP contribution >= 0.6 is 0 Å². The monoisotopic (exact) mass is 574 g/mol. The van der Waals surface area contributed by atoms with Crippen LogP contribution in [0.2, 0.25) is 0 Å². The summed E-state index contributed by atoms with van der Waals surface area (Å²) in [6, 6.07) is 14.2. The normalized spacial score (nSPS) is 25.4. The molecule has 3 aliphatic rings. The molecule has 214 valence electrons. The summed E-state index contributed by atoms with van der Waals surface area (Å²) in [5.74, 6) is -0.351. The Morgan fingerprint density at radius 1 is 1.02 bits per heavy atom. The molecule has 1 spiro atoms. The number of hydrogen-bond acceptors (Lipinski definition) is 7. The molecule has 4 heterocycles. The van der Waals surface area contributed by atoms with Gasteiger partial charge in [0, 0.05) is 61.6 Å². The number of hydrogen-bond donors (Lipinski definition) is 0. The van der Waals surface area contributed by atoms with E-state index in [1.54, 1.807) is 23.3 Å². The van der Waals surface area contributed by atoms with Gasteiger partial charge in [0.15, 0.2) is 5.79 Å². The largest absolute Gasteiger partial charge is 0.347 e. The molecule has 3 aromatic heterocycles. The van der Waals surface area contributed by atoms with Crippen LogP contribution in [0.1, 0.15) is 43.0 Å². The van der Waals surface area contributed by atoms with Gasteiger partial charge in [0.2, 0.25) is 0 Å². The van der Waals surface area contributed by atoms with Crippen molar-refractivity contribution >= 4 is 10.2 Å². The minimum Gasteiger partial charge on any atom is -0.347 e. The highest BCUT2D eigenvalue weighted by Crippen LogP contribution is 2.60. The van der Waals surface area contributed by atoms with E-state index in [1.807, 2.05) is 24.4 Å². The summed E-state index contributed by atoms with van der Waals surface area (Å²) in [5, 5.41) is 9.63. The molecule has 4 aromatic rings. The molecule has 10 nitrogen and oxygen atoms in total. The van der Waals surface area contributed by atoms with Crippen molar-refractivity contribution in [3.05, 3.63) is 84.1 Å². The number of fused-ring (bicyclic) bond motifs is 3. The van der Waals surface area contributed by atoms with Crippen LogP contribution in [0.5, 0.6) is 0 Å². The van der Waals surface area contributed by atoms with E-state index in [2.05, 4.69) is 41.3 Å². The van der Waals surface area contributed by atoms with Gasteiger partial charge >= 0.3 is 10.2 Å². The minimum absolute atomic E-state index is 0.0978. The Balaban J connectivity index is 1.46. The number of ether oxygens (including phenoxy) is 2. The molecule has 0 unspecified atom stereocenters. The molecule has 0 N–H and O–H groups in total. The average Bonchev–Trinajstić information content (AvgIpc) is 3.75. The van der Waals surface area contributed by atoms with Crippen molar-refractivity contribution in [2.24, 2.45) is 11.8 Å². The molecule has 1 aromatic carbocycles. The van der Waals surface area contributed by atoms with Gasteiger partial charge in [0.1, 0.15) is 0 Å². The van der Waals surface area contributed by atoms with Crippen molar-refractivity contribution in [3.8, 4) is 16.9 Å². The third-order valence-corrected chi connectivity index (χ3v) is 11.0. The minimum atomic E-state index is -3.95. The third kappa shape index (κ3) is 3.86. The van der Waals surface area contributed by atoms with E-state index in [9.17, 15) is 8.42 Å². The van der Waals surface area contributed by atoms with Crippen LogP contribution in [0.25, 0.3) is 16.9 Å². The fourth-order valence-corrected chi connectivity index (χ4v) is 8.37. The molecule has 11 heteroatoms. The lowest BCUT2D eigenvalue weighted by atomic mass is 9.52. The average molecular weight is 575 g/mol. The van der Waals surface area contributed by atoms with Crippen molar-refractivity contribution in [2.75, 3.05) is 27.3 Å². The molecule has 0 radical (unpaired) electrons. The lowest BCUT2D eigenvalue weighted by Gasteiger charge is -2.55. The first-order chi connectivity index (χ1) is 19.8. The van der Waals surface area contributed by atoms with Gasteiger partial charge in [-0.25, -0.2) is 4.68 Å². The van der Waals surface area contributed by atoms with E-state index in [0.717, 1.165) is 35.3 Å². The summed E-state index contributed by atoms with van der Waals surface area (Å²) in [7, 11) is -0.867. The highest BCUT2D eigenvalue weighted by Gasteiger charge is 2.61. The zero-order chi connectivity index (χ0) is 28.4. The Labute approximate surface area is 240 Å². The van der Waals surface area contributed by atoms with Gasteiger partial charge in [-0.15, -0.1) is 4.09 Å². The Hall–Kier alpha value is -3.38. The van der Waals surface area contributed by atoms with Gasteiger partial charge in [-0.3, -0.25) is 4.98 Å². The Kier molecular flexibility index (Phi) is 6.20. The summed E-state index contributed by atoms with van der Waals surface area (Å²) >= 11 is 0. The number of pyridine rings is 1. The Bertz CT molecular complexity index is 1680. The molecule has 7 rings (SSSR count). The van der Waals surface area contributed by atoms with Gasteiger partial charge in [0.25, 0.3) is 0 Å². The van der Waals surface area contributed by atoms with E-state index in [0.29, 0.717) is 37.3 Å². The molecule has 3 atom stereocenters. The van der Waals surface area contributed by atoms with Crippen LogP contribution < -0.4 is 0 Å². The van der Waals surface area contributed by atoms with Crippen LogP contribution in [0.4, 0.5) is 0 Å². The molecule has 1 saturated heterocycles. The second kappa shape index (κ2) is 9.59. The molecule has 0 bridgehead atoms. The van der Waals surface area contributed by atoms with Crippen molar-refractivity contribution in [1.29, 1.82) is 0 Å². The number of benzene rings is 1. The van der Waals surface area contributed by atoms with Crippen molar-refractivity contribution < 1.29 is 17.9 Å². The quantitative estimate of drug-likeness (QED) is 0.357. The molecule has 2 fully saturated rings. The topological polar surface area (TPSA) is 104 Å². The summed E-state index contributed by atoms with van der Waals surface area (Å²) < 4.78 is 44.4. The first kappa shape index (κ1) is 26.5. The maximum atomic E-state index is 13.8. The van der Waals surface area contributed by atoms with Gasteiger partial charge in [0.05, 0.1) is 36.5 Å². The van der Waals surface area contributed by atoms with Crippen LogP contribution in [0.3, 0.4) is 0 Å². The standard InChI is InChI=1S/C30H34N6O4S/c1-21-26-10-9-25-27(22-19-32-35(20-22)24-11-15-31-16-12-24)36(41(37,38)34(2)3)33-28(25)29(26,23-7-5-4-6-8-23)13-14-30(21)39-17-18-40-30/h4-8,11-12,15-16,19-21,26H,9-10,13-14,17-18H2,1-3H3/t21-,26-,29+/m0/s1. The number of nitrogens with zero attached hydrogens (tertiary/aromatic N) is 6. The van der Waals surface area contributed by atoms with Gasteiger partial charge in [-0.1, -0.05) is 37.3 Å². The summed E-state index contributed by atoms with van der Waals surface area (Å²) in [6.07, 6.45) is 10.0. The first-order valence-corrected chi connectivity index (χ1v) is 15.5.